The Morgan fingerprint density at radius 2 is 2.40 bits per heavy atom. The maximum atomic E-state index is 12.1. The van der Waals surface area contributed by atoms with Crippen LogP contribution in [0.5, 0.6) is 5.75 Å². The van der Waals surface area contributed by atoms with Crippen molar-refractivity contribution in [2.45, 2.75) is 13.5 Å². The van der Waals surface area contributed by atoms with Crippen molar-refractivity contribution >= 4 is 22.9 Å². The number of fused-ring (bicyclic) bond motifs is 1. The van der Waals surface area contributed by atoms with Gasteiger partial charge in [-0.05, 0) is 25.1 Å². The molecular formula is C14H15N3O2S. The molecule has 2 aromatic rings. The summed E-state index contributed by atoms with van der Waals surface area (Å²) >= 11 is 1.39. The predicted molar refractivity (Wildman–Crippen MR) is 78.4 cm³/mol. The van der Waals surface area contributed by atoms with Gasteiger partial charge in [0.25, 0.3) is 5.91 Å². The van der Waals surface area contributed by atoms with Gasteiger partial charge in [-0.15, -0.1) is 11.3 Å². The number of aromatic nitrogens is 1. The second kappa shape index (κ2) is 5.60. The first-order valence-corrected chi connectivity index (χ1v) is 7.24. The molecule has 0 spiro atoms. The van der Waals surface area contributed by atoms with Crippen LogP contribution in [0.4, 0.5) is 5.69 Å². The number of nitrogens with zero attached hydrogens (tertiary/aromatic N) is 1. The molecule has 0 saturated carbocycles. The first kappa shape index (κ1) is 13.1. The summed E-state index contributed by atoms with van der Waals surface area (Å²) in [5.41, 5.74) is 1.83. The number of rotatable bonds is 2. The summed E-state index contributed by atoms with van der Waals surface area (Å²) in [5, 5.41) is 7.05. The second-order valence-electron chi connectivity index (χ2n) is 4.55. The number of hydrogen-bond acceptors (Lipinski definition) is 5. The van der Waals surface area contributed by atoms with Crippen LogP contribution >= 0.6 is 11.3 Å². The molecule has 6 heteroatoms. The Hall–Kier alpha value is -1.92. The molecule has 2 N–H and O–H groups in total. The van der Waals surface area contributed by atoms with Crippen molar-refractivity contribution in [1.29, 1.82) is 0 Å². The van der Waals surface area contributed by atoms with Gasteiger partial charge in [0, 0.05) is 24.3 Å². The van der Waals surface area contributed by atoms with Crippen LogP contribution in [0.1, 0.15) is 20.2 Å². The lowest BCUT2D eigenvalue weighted by Crippen LogP contribution is -2.16. The molecule has 1 amide bonds. The zero-order valence-corrected chi connectivity index (χ0v) is 11.9. The number of carbonyl (C=O) groups is 1. The monoisotopic (exact) mass is 289 g/mol. The Bertz CT molecular complexity index is 639. The zero-order valence-electron chi connectivity index (χ0n) is 11.1. The third-order valence-electron chi connectivity index (χ3n) is 3.02. The van der Waals surface area contributed by atoms with E-state index in [1.807, 2.05) is 25.1 Å². The van der Waals surface area contributed by atoms with Crippen LogP contribution < -0.4 is 15.4 Å². The van der Waals surface area contributed by atoms with E-state index in [0.717, 1.165) is 35.1 Å². The molecule has 5 nitrogen and oxygen atoms in total. The topological polar surface area (TPSA) is 63.2 Å². The summed E-state index contributed by atoms with van der Waals surface area (Å²) < 4.78 is 5.61. The highest BCUT2D eigenvalue weighted by Crippen LogP contribution is 2.24. The highest BCUT2D eigenvalue weighted by Gasteiger charge is 2.12. The van der Waals surface area contributed by atoms with Gasteiger partial charge in [0.1, 0.15) is 17.2 Å². The lowest BCUT2D eigenvalue weighted by molar-refractivity contribution is 0.103. The molecule has 3 rings (SSSR count). The van der Waals surface area contributed by atoms with Gasteiger partial charge in [0.2, 0.25) is 0 Å². The predicted octanol–water partition coefficient (Wildman–Crippen LogP) is 2.19. The molecule has 1 aromatic carbocycles. The standard InChI is InChI=1S/C14H15N3O2S/c1-9-16-8-13(20-9)14(18)17-11-2-3-12-10(6-11)7-15-4-5-19-12/h2-3,6,8,15H,4-5,7H2,1H3,(H,17,18). The van der Waals surface area contributed by atoms with E-state index in [1.54, 1.807) is 6.20 Å². The number of benzene rings is 1. The van der Waals surface area contributed by atoms with Gasteiger partial charge in [-0.2, -0.15) is 0 Å². The molecule has 0 aliphatic carbocycles. The van der Waals surface area contributed by atoms with Crippen molar-refractivity contribution in [3.05, 3.63) is 39.8 Å². The van der Waals surface area contributed by atoms with Crippen molar-refractivity contribution in [3.63, 3.8) is 0 Å². The Balaban J connectivity index is 1.77. The average molecular weight is 289 g/mol. The van der Waals surface area contributed by atoms with Gasteiger partial charge in [-0.25, -0.2) is 4.98 Å². The highest BCUT2D eigenvalue weighted by molar-refractivity contribution is 7.13. The summed E-state index contributed by atoms with van der Waals surface area (Å²) in [6, 6.07) is 5.70. The molecule has 0 saturated heterocycles. The maximum Gasteiger partial charge on any atom is 0.267 e. The lowest BCUT2D eigenvalue weighted by atomic mass is 10.1. The van der Waals surface area contributed by atoms with Gasteiger partial charge < -0.3 is 15.4 Å². The lowest BCUT2D eigenvalue weighted by Gasteiger charge is -2.09. The van der Waals surface area contributed by atoms with Crippen molar-refractivity contribution in [3.8, 4) is 5.75 Å². The fourth-order valence-corrected chi connectivity index (χ4v) is 2.72. The quantitative estimate of drug-likeness (QED) is 0.889. The van der Waals surface area contributed by atoms with E-state index in [2.05, 4.69) is 15.6 Å². The average Bonchev–Trinajstić information content (AvgIpc) is 2.74. The van der Waals surface area contributed by atoms with Crippen LogP contribution in [0.25, 0.3) is 0 Å². The van der Waals surface area contributed by atoms with Crippen molar-refractivity contribution in [2.75, 3.05) is 18.5 Å². The minimum Gasteiger partial charge on any atom is -0.492 e. The van der Waals surface area contributed by atoms with Crippen molar-refractivity contribution in [1.82, 2.24) is 10.3 Å². The van der Waals surface area contributed by atoms with E-state index in [4.69, 9.17) is 4.74 Å². The fraction of sp³-hybridized carbons (Fsp3) is 0.286. The van der Waals surface area contributed by atoms with Crippen LogP contribution in [0, 0.1) is 6.92 Å². The van der Waals surface area contributed by atoms with Crippen LogP contribution in [-0.4, -0.2) is 24.0 Å². The number of aryl methyl sites for hydroxylation is 1. The van der Waals surface area contributed by atoms with Crippen molar-refractivity contribution in [2.24, 2.45) is 0 Å². The van der Waals surface area contributed by atoms with E-state index in [0.29, 0.717) is 11.5 Å². The first-order chi connectivity index (χ1) is 9.72. The number of thiazole rings is 1. The van der Waals surface area contributed by atoms with Gasteiger partial charge in [0.15, 0.2) is 0 Å². The first-order valence-electron chi connectivity index (χ1n) is 6.42. The van der Waals surface area contributed by atoms with E-state index >= 15 is 0 Å². The number of hydrogen-bond donors (Lipinski definition) is 2. The van der Waals surface area contributed by atoms with Gasteiger partial charge in [-0.3, -0.25) is 4.79 Å². The maximum absolute atomic E-state index is 12.1. The molecule has 0 fully saturated rings. The van der Waals surface area contributed by atoms with E-state index in [-0.39, 0.29) is 5.91 Å². The second-order valence-corrected chi connectivity index (χ2v) is 5.78. The highest BCUT2D eigenvalue weighted by atomic mass is 32.1. The number of amides is 1. The molecule has 1 aromatic heterocycles. The van der Waals surface area contributed by atoms with E-state index in [9.17, 15) is 4.79 Å². The number of carbonyl (C=O) groups excluding carboxylic acids is 1. The largest absolute Gasteiger partial charge is 0.492 e. The van der Waals surface area contributed by atoms with Crippen LogP contribution in [0.2, 0.25) is 0 Å². The number of nitrogens with one attached hydrogen (secondary N) is 2. The molecule has 20 heavy (non-hydrogen) atoms. The Labute approximate surface area is 121 Å². The molecule has 2 heterocycles. The fourth-order valence-electron chi connectivity index (χ4n) is 2.05. The minimum absolute atomic E-state index is 0.127. The number of ether oxygens (including phenoxy) is 1. The van der Waals surface area contributed by atoms with Crippen LogP contribution in [0.3, 0.4) is 0 Å². The zero-order chi connectivity index (χ0) is 13.9. The number of anilines is 1. The van der Waals surface area contributed by atoms with Gasteiger partial charge >= 0.3 is 0 Å². The third-order valence-corrected chi connectivity index (χ3v) is 3.93. The summed E-state index contributed by atoms with van der Waals surface area (Å²) in [5.74, 6) is 0.750. The molecular weight excluding hydrogens is 274 g/mol. The van der Waals surface area contributed by atoms with Crippen LogP contribution in [-0.2, 0) is 6.54 Å². The molecule has 0 atom stereocenters. The smallest absolute Gasteiger partial charge is 0.267 e. The summed E-state index contributed by atoms with van der Waals surface area (Å²) in [6.07, 6.45) is 1.60. The molecule has 0 unspecified atom stereocenters. The van der Waals surface area contributed by atoms with Gasteiger partial charge in [-0.1, -0.05) is 0 Å². The third kappa shape index (κ3) is 2.81. The molecule has 0 radical (unpaired) electrons. The molecule has 0 bridgehead atoms. The Morgan fingerprint density at radius 3 is 3.20 bits per heavy atom. The van der Waals surface area contributed by atoms with Crippen LogP contribution in [0.15, 0.2) is 24.4 Å². The van der Waals surface area contributed by atoms with Gasteiger partial charge in [0.05, 0.1) is 11.2 Å². The summed E-state index contributed by atoms with van der Waals surface area (Å²) in [4.78, 5) is 16.8. The SMILES string of the molecule is Cc1ncc(C(=O)Nc2ccc3c(c2)CNCCO3)s1. The summed E-state index contributed by atoms with van der Waals surface area (Å²) in [7, 11) is 0. The van der Waals surface area contributed by atoms with Crippen molar-refractivity contribution < 1.29 is 9.53 Å². The molecule has 104 valence electrons. The normalized spacial score (nSPS) is 14.1. The minimum atomic E-state index is -0.127. The molecule has 1 aliphatic heterocycles. The molecule has 1 aliphatic rings. The Kier molecular flexibility index (Phi) is 3.66. The Morgan fingerprint density at radius 1 is 1.50 bits per heavy atom. The van der Waals surface area contributed by atoms with E-state index in [1.165, 1.54) is 11.3 Å². The summed E-state index contributed by atoms with van der Waals surface area (Å²) in [6.45, 7) is 4.13. The van der Waals surface area contributed by atoms with E-state index < -0.39 is 0 Å².